The molecule has 0 saturated heterocycles. The molecule has 1 aromatic carbocycles. The van der Waals surface area contributed by atoms with Gasteiger partial charge in [0.15, 0.2) is 0 Å². The van der Waals surface area contributed by atoms with Crippen LogP contribution in [0.15, 0.2) is 54.7 Å². The van der Waals surface area contributed by atoms with E-state index in [1.807, 2.05) is 48.5 Å². The molecule has 14 heavy (non-hydrogen) atoms. The summed E-state index contributed by atoms with van der Waals surface area (Å²) in [4.78, 5) is 4.05. The van der Waals surface area contributed by atoms with E-state index >= 15 is 0 Å². The van der Waals surface area contributed by atoms with Crippen LogP contribution in [0.3, 0.4) is 0 Å². The van der Waals surface area contributed by atoms with Crippen molar-refractivity contribution >= 4 is 12.4 Å². The Morgan fingerprint density at radius 2 is 1.57 bits per heavy atom. The first-order chi connectivity index (χ1) is 6.45. The number of halogens is 1. The van der Waals surface area contributed by atoms with Crippen LogP contribution in [0.2, 0.25) is 0 Å². The Kier molecular flexibility index (Phi) is 3.95. The average Bonchev–Trinajstić information content (AvgIpc) is 2.21. The summed E-state index contributed by atoms with van der Waals surface area (Å²) in [5.74, 6) is 1.43. The van der Waals surface area contributed by atoms with Crippen molar-refractivity contribution in [2.24, 2.45) is 0 Å². The average molecular weight is 208 g/mol. The lowest BCUT2D eigenvalue weighted by molar-refractivity contribution is 0.463. The molecular formula is C11H10ClNO. The number of para-hydroxylation sites is 1. The maximum absolute atomic E-state index is 5.47. The van der Waals surface area contributed by atoms with E-state index in [4.69, 9.17) is 4.74 Å². The predicted octanol–water partition coefficient (Wildman–Crippen LogP) is 3.30. The lowest BCUT2D eigenvalue weighted by atomic mass is 10.3. The van der Waals surface area contributed by atoms with E-state index in [1.54, 1.807) is 6.20 Å². The van der Waals surface area contributed by atoms with Gasteiger partial charge in [0.2, 0.25) is 5.88 Å². The summed E-state index contributed by atoms with van der Waals surface area (Å²) < 4.78 is 5.47. The highest BCUT2D eigenvalue weighted by molar-refractivity contribution is 5.85. The van der Waals surface area contributed by atoms with E-state index in [1.165, 1.54) is 0 Å². The minimum atomic E-state index is 0. The van der Waals surface area contributed by atoms with Gasteiger partial charge in [-0.3, -0.25) is 0 Å². The number of pyridine rings is 1. The minimum Gasteiger partial charge on any atom is -0.439 e. The molecule has 0 fully saturated rings. The van der Waals surface area contributed by atoms with Crippen LogP contribution in [0.25, 0.3) is 0 Å². The van der Waals surface area contributed by atoms with Crippen molar-refractivity contribution in [2.45, 2.75) is 0 Å². The number of hydrogen-bond donors (Lipinski definition) is 0. The minimum absolute atomic E-state index is 0. The molecule has 1 aromatic heterocycles. The molecule has 0 bridgehead atoms. The number of ether oxygens (including phenoxy) is 1. The zero-order valence-electron chi connectivity index (χ0n) is 7.46. The van der Waals surface area contributed by atoms with E-state index < -0.39 is 0 Å². The Morgan fingerprint density at radius 3 is 2.21 bits per heavy atom. The molecule has 0 aliphatic rings. The zero-order valence-corrected chi connectivity index (χ0v) is 8.28. The van der Waals surface area contributed by atoms with Crippen molar-refractivity contribution in [3.05, 3.63) is 54.7 Å². The second-order valence-electron chi connectivity index (χ2n) is 2.58. The molecule has 2 aromatic rings. The summed E-state index contributed by atoms with van der Waals surface area (Å²) in [6.45, 7) is 0. The summed E-state index contributed by atoms with van der Waals surface area (Å²) >= 11 is 0. The molecule has 0 aliphatic heterocycles. The highest BCUT2D eigenvalue weighted by atomic mass is 35.5. The fourth-order valence-electron chi connectivity index (χ4n) is 1.02. The van der Waals surface area contributed by atoms with Crippen LogP contribution in [0.4, 0.5) is 0 Å². The first-order valence-corrected chi connectivity index (χ1v) is 4.09. The SMILES string of the molecule is Cl.c1ccc(Oc2ccccn2)cc1. The fourth-order valence-corrected chi connectivity index (χ4v) is 1.02. The third-order valence-electron chi connectivity index (χ3n) is 1.60. The quantitative estimate of drug-likeness (QED) is 0.754. The highest BCUT2D eigenvalue weighted by Crippen LogP contribution is 2.17. The molecule has 2 rings (SSSR count). The Morgan fingerprint density at radius 1 is 0.857 bits per heavy atom. The Balaban J connectivity index is 0.000000980. The van der Waals surface area contributed by atoms with Crippen molar-refractivity contribution < 1.29 is 4.74 Å². The maximum Gasteiger partial charge on any atom is 0.219 e. The van der Waals surface area contributed by atoms with E-state index in [2.05, 4.69) is 4.98 Å². The molecule has 0 amide bonds. The Bertz CT molecular complexity index is 326. The Labute approximate surface area is 89.0 Å². The van der Waals surface area contributed by atoms with Gasteiger partial charge in [0, 0.05) is 12.3 Å². The number of hydrogen-bond acceptors (Lipinski definition) is 2. The molecule has 0 spiro atoms. The van der Waals surface area contributed by atoms with Crippen molar-refractivity contribution in [3.8, 4) is 11.6 Å². The monoisotopic (exact) mass is 207 g/mol. The van der Waals surface area contributed by atoms with Crippen LogP contribution in [0, 0.1) is 0 Å². The highest BCUT2D eigenvalue weighted by Gasteiger charge is 1.93. The van der Waals surface area contributed by atoms with Crippen molar-refractivity contribution in [1.82, 2.24) is 4.98 Å². The molecule has 3 heteroatoms. The van der Waals surface area contributed by atoms with E-state index in [0.717, 1.165) is 5.75 Å². The molecule has 0 atom stereocenters. The summed E-state index contributed by atoms with van der Waals surface area (Å²) in [5.41, 5.74) is 0. The van der Waals surface area contributed by atoms with E-state index in [0.29, 0.717) is 5.88 Å². The van der Waals surface area contributed by atoms with Crippen LogP contribution < -0.4 is 4.74 Å². The lowest BCUT2D eigenvalue weighted by Gasteiger charge is -2.02. The second kappa shape index (κ2) is 5.25. The molecule has 0 aliphatic carbocycles. The zero-order chi connectivity index (χ0) is 8.93. The molecule has 72 valence electrons. The second-order valence-corrected chi connectivity index (χ2v) is 2.58. The summed E-state index contributed by atoms with van der Waals surface area (Å²) in [5, 5.41) is 0. The van der Waals surface area contributed by atoms with Gasteiger partial charge in [0.05, 0.1) is 0 Å². The van der Waals surface area contributed by atoms with Gasteiger partial charge in [-0.25, -0.2) is 4.98 Å². The van der Waals surface area contributed by atoms with E-state index in [-0.39, 0.29) is 12.4 Å². The maximum atomic E-state index is 5.47. The van der Waals surface area contributed by atoms with Crippen molar-refractivity contribution in [3.63, 3.8) is 0 Å². The Hall–Kier alpha value is -1.54. The fraction of sp³-hybridized carbons (Fsp3) is 0. The predicted molar refractivity (Wildman–Crippen MR) is 58.0 cm³/mol. The summed E-state index contributed by atoms with van der Waals surface area (Å²) in [6.07, 6.45) is 1.71. The molecule has 0 unspecified atom stereocenters. The first kappa shape index (κ1) is 10.5. The number of aromatic nitrogens is 1. The van der Waals surface area contributed by atoms with E-state index in [9.17, 15) is 0 Å². The van der Waals surface area contributed by atoms with Crippen LogP contribution in [-0.4, -0.2) is 4.98 Å². The van der Waals surface area contributed by atoms with Crippen molar-refractivity contribution in [2.75, 3.05) is 0 Å². The van der Waals surface area contributed by atoms with Gasteiger partial charge in [-0.1, -0.05) is 24.3 Å². The third kappa shape index (κ3) is 2.75. The van der Waals surface area contributed by atoms with Crippen LogP contribution in [-0.2, 0) is 0 Å². The molecular weight excluding hydrogens is 198 g/mol. The number of nitrogens with zero attached hydrogens (tertiary/aromatic N) is 1. The van der Waals surface area contributed by atoms with Gasteiger partial charge < -0.3 is 4.74 Å². The topological polar surface area (TPSA) is 22.1 Å². The van der Waals surface area contributed by atoms with Gasteiger partial charge in [-0.15, -0.1) is 12.4 Å². The van der Waals surface area contributed by atoms with Gasteiger partial charge >= 0.3 is 0 Å². The van der Waals surface area contributed by atoms with Crippen LogP contribution >= 0.6 is 12.4 Å². The summed E-state index contributed by atoms with van der Waals surface area (Å²) in [6, 6.07) is 15.2. The smallest absolute Gasteiger partial charge is 0.219 e. The molecule has 2 nitrogen and oxygen atoms in total. The molecule has 0 radical (unpaired) electrons. The van der Waals surface area contributed by atoms with Crippen LogP contribution in [0.1, 0.15) is 0 Å². The number of benzene rings is 1. The van der Waals surface area contributed by atoms with Gasteiger partial charge in [-0.2, -0.15) is 0 Å². The van der Waals surface area contributed by atoms with Crippen LogP contribution in [0.5, 0.6) is 11.6 Å². The first-order valence-electron chi connectivity index (χ1n) is 4.09. The van der Waals surface area contributed by atoms with Crippen molar-refractivity contribution in [1.29, 1.82) is 0 Å². The van der Waals surface area contributed by atoms with Gasteiger partial charge in [0.1, 0.15) is 5.75 Å². The standard InChI is InChI=1S/C11H9NO.ClH/c1-2-6-10(7-3-1)13-11-8-4-5-9-12-11;/h1-9H;1H. The largest absolute Gasteiger partial charge is 0.439 e. The lowest BCUT2D eigenvalue weighted by Crippen LogP contribution is -1.85. The van der Waals surface area contributed by atoms with Gasteiger partial charge in [0.25, 0.3) is 0 Å². The molecule has 1 heterocycles. The number of rotatable bonds is 2. The third-order valence-corrected chi connectivity index (χ3v) is 1.60. The summed E-state index contributed by atoms with van der Waals surface area (Å²) in [7, 11) is 0. The van der Waals surface area contributed by atoms with Gasteiger partial charge in [-0.05, 0) is 18.2 Å². The molecule has 0 saturated carbocycles. The molecule has 0 N–H and O–H groups in total. The normalized spacial score (nSPS) is 8.86.